The number of unbranched alkanes of at least 4 members (excludes halogenated alkanes) is 2. The van der Waals surface area contributed by atoms with E-state index in [-0.39, 0.29) is 12.1 Å². The summed E-state index contributed by atoms with van der Waals surface area (Å²) in [6, 6.07) is 3.11. The molecular weight excluding hydrogens is 492 g/mol. The van der Waals surface area contributed by atoms with Crippen LogP contribution in [-0.2, 0) is 18.7 Å². The van der Waals surface area contributed by atoms with Crippen molar-refractivity contribution in [2.45, 2.75) is 83.4 Å². The molecule has 1 aliphatic rings. The highest BCUT2D eigenvalue weighted by molar-refractivity contribution is 5.34. The Morgan fingerprint density at radius 2 is 1.36 bits per heavy atom. The highest BCUT2D eigenvalue weighted by Crippen LogP contribution is 2.39. The van der Waals surface area contributed by atoms with E-state index in [2.05, 4.69) is 11.7 Å². The molecule has 36 heavy (non-hydrogen) atoms. The van der Waals surface area contributed by atoms with Crippen molar-refractivity contribution in [2.75, 3.05) is 0 Å². The molecule has 0 amide bonds. The third kappa shape index (κ3) is 7.35. The van der Waals surface area contributed by atoms with Crippen LogP contribution in [0.2, 0.25) is 0 Å². The molecule has 0 atom stereocenters. The average Bonchev–Trinajstić information content (AvgIpc) is 2.77. The number of hydrogen-bond donors (Lipinski definition) is 0. The molecule has 1 fully saturated rings. The SMILES string of the molecule is CCCCCC1CCC(CCc2ccc(C(F)(F)Oc3cc(F)c(C(F)(F)F)c(F)c3)c(F)c2)CC1. The molecule has 1 saturated carbocycles. The van der Waals surface area contributed by atoms with Crippen molar-refractivity contribution in [1.29, 1.82) is 0 Å². The van der Waals surface area contributed by atoms with Crippen LogP contribution in [0.15, 0.2) is 30.3 Å². The van der Waals surface area contributed by atoms with E-state index in [0.717, 1.165) is 37.3 Å². The second kappa shape index (κ2) is 11.8. The van der Waals surface area contributed by atoms with Crippen LogP contribution in [0.3, 0.4) is 0 Å². The molecule has 0 heterocycles. The van der Waals surface area contributed by atoms with Crippen LogP contribution < -0.4 is 4.74 Å². The van der Waals surface area contributed by atoms with Crippen molar-refractivity contribution in [3.63, 3.8) is 0 Å². The Balaban J connectivity index is 1.59. The van der Waals surface area contributed by atoms with Gasteiger partial charge in [0.2, 0.25) is 0 Å². The fourth-order valence-corrected chi connectivity index (χ4v) is 4.90. The van der Waals surface area contributed by atoms with E-state index >= 15 is 0 Å². The first-order valence-electron chi connectivity index (χ1n) is 12.3. The van der Waals surface area contributed by atoms with Crippen LogP contribution in [0.5, 0.6) is 5.75 Å². The minimum atomic E-state index is -5.36. The van der Waals surface area contributed by atoms with Crippen molar-refractivity contribution < 1.29 is 39.9 Å². The minimum absolute atomic E-state index is 0.00930. The smallest absolute Gasteiger partial charge is 0.429 e. The lowest BCUT2D eigenvalue weighted by molar-refractivity contribution is -0.187. The lowest BCUT2D eigenvalue weighted by Gasteiger charge is -2.28. The fraction of sp³-hybridized carbons (Fsp3) is 0.556. The zero-order valence-corrected chi connectivity index (χ0v) is 20.0. The van der Waals surface area contributed by atoms with E-state index in [0.29, 0.717) is 17.9 Å². The third-order valence-corrected chi connectivity index (χ3v) is 6.92. The first kappa shape index (κ1) is 28.3. The summed E-state index contributed by atoms with van der Waals surface area (Å²) >= 11 is 0. The van der Waals surface area contributed by atoms with Gasteiger partial charge >= 0.3 is 12.3 Å². The number of rotatable bonds is 10. The van der Waals surface area contributed by atoms with Crippen LogP contribution in [0.4, 0.5) is 35.1 Å². The lowest BCUT2D eigenvalue weighted by Crippen LogP contribution is -2.24. The summed E-state index contributed by atoms with van der Waals surface area (Å²) in [7, 11) is 0. The van der Waals surface area contributed by atoms with Gasteiger partial charge in [-0.1, -0.05) is 64.4 Å². The van der Waals surface area contributed by atoms with E-state index in [1.807, 2.05) is 0 Å². The third-order valence-electron chi connectivity index (χ3n) is 6.92. The summed E-state index contributed by atoms with van der Waals surface area (Å²) in [6.45, 7) is 2.18. The van der Waals surface area contributed by atoms with Gasteiger partial charge in [0.15, 0.2) is 0 Å². The highest BCUT2D eigenvalue weighted by atomic mass is 19.4. The molecule has 2 aromatic rings. The van der Waals surface area contributed by atoms with Crippen LogP contribution in [0.25, 0.3) is 0 Å². The predicted octanol–water partition coefficient (Wildman–Crippen LogP) is 9.57. The number of benzene rings is 2. The Kier molecular flexibility index (Phi) is 9.28. The summed E-state index contributed by atoms with van der Waals surface area (Å²) < 4.78 is 113. The summed E-state index contributed by atoms with van der Waals surface area (Å²) in [4.78, 5) is 0. The molecule has 1 nitrogen and oxygen atoms in total. The largest absolute Gasteiger partial charge is 0.429 e. The van der Waals surface area contributed by atoms with Gasteiger partial charge in [0.1, 0.15) is 28.8 Å². The summed E-state index contributed by atoms with van der Waals surface area (Å²) in [5.74, 6) is -5.43. The molecule has 2 aromatic carbocycles. The predicted molar refractivity (Wildman–Crippen MR) is 120 cm³/mol. The van der Waals surface area contributed by atoms with Gasteiger partial charge in [0.25, 0.3) is 0 Å². The Morgan fingerprint density at radius 3 is 1.89 bits per heavy atom. The van der Waals surface area contributed by atoms with Crippen LogP contribution >= 0.6 is 0 Å². The molecule has 9 heteroatoms. The molecule has 0 radical (unpaired) electrons. The van der Waals surface area contributed by atoms with Crippen molar-refractivity contribution in [1.82, 2.24) is 0 Å². The highest BCUT2D eigenvalue weighted by Gasteiger charge is 2.41. The van der Waals surface area contributed by atoms with Crippen molar-refractivity contribution in [2.24, 2.45) is 11.8 Å². The fourth-order valence-electron chi connectivity index (χ4n) is 4.90. The maximum absolute atomic E-state index is 14.5. The molecule has 0 aromatic heterocycles. The number of aryl methyl sites for hydroxylation is 1. The van der Waals surface area contributed by atoms with E-state index in [9.17, 15) is 35.1 Å². The Bertz CT molecular complexity index is 986. The summed E-state index contributed by atoms with van der Waals surface area (Å²) in [5.41, 5.74) is -2.87. The Morgan fingerprint density at radius 1 is 0.778 bits per heavy atom. The molecule has 0 unspecified atom stereocenters. The minimum Gasteiger partial charge on any atom is -0.429 e. The molecular formula is C27H30F8O. The zero-order chi connectivity index (χ0) is 26.5. The first-order chi connectivity index (χ1) is 16.9. The topological polar surface area (TPSA) is 9.23 Å². The quantitative estimate of drug-likeness (QED) is 0.223. The normalized spacial score (nSPS) is 18.9. The van der Waals surface area contributed by atoms with Crippen LogP contribution in [0.1, 0.15) is 81.4 Å². The molecule has 0 N–H and O–H groups in total. The van der Waals surface area contributed by atoms with Gasteiger partial charge in [-0.2, -0.15) is 22.0 Å². The maximum atomic E-state index is 14.5. The molecule has 3 rings (SSSR count). The molecule has 200 valence electrons. The van der Waals surface area contributed by atoms with E-state index in [4.69, 9.17) is 0 Å². The van der Waals surface area contributed by atoms with Crippen molar-refractivity contribution in [3.8, 4) is 5.75 Å². The summed E-state index contributed by atoms with van der Waals surface area (Å²) in [5, 5.41) is 0. The number of hydrogen-bond acceptors (Lipinski definition) is 1. The van der Waals surface area contributed by atoms with E-state index in [1.54, 1.807) is 0 Å². The standard InChI is InChI=1S/C27H30F8O/c1-2-3-4-5-17-6-8-18(9-7-17)10-11-19-12-13-21(22(28)14-19)27(34,35)36-20-15-23(29)25(24(30)16-20)26(31,32)33/h12-18H,2-11H2,1H3. The number of halogens is 8. The molecule has 0 aliphatic heterocycles. The first-order valence-corrected chi connectivity index (χ1v) is 12.3. The van der Waals surface area contributed by atoms with Gasteiger partial charge < -0.3 is 4.74 Å². The van der Waals surface area contributed by atoms with Crippen molar-refractivity contribution in [3.05, 3.63) is 64.5 Å². The lowest BCUT2D eigenvalue weighted by atomic mass is 9.78. The van der Waals surface area contributed by atoms with Crippen LogP contribution in [-0.4, -0.2) is 0 Å². The monoisotopic (exact) mass is 522 g/mol. The van der Waals surface area contributed by atoms with Gasteiger partial charge in [-0.15, -0.1) is 0 Å². The second-order valence-electron chi connectivity index (χ2n) is 9.61. The number of alkyl halides is 5. The maximum Gasteiger partial charge on any atom is 0.429 e. The molecule has 0 spiro atoms. The zero-order valence-electron chi connectivity index (χ0n) is 20.0. The summed E-state index contributed by atoms with van der Waals surface area (Å²) in [6.07, 6.45) is 1.15. The Hall–Kier alpha value is -2.32. The van der Waals surface area contributed by atoms with Gasteiger partial charge in [-0.25, -0.2) is 13.2 Å². The molecule has 0 saturated heterocycles. The Labute approximate surface area is 205 Å². The molecule has 0 bridgehead atoms. The van der Waals surface area contributed by atoms with Crippen LogP contribution in [0, 0.1) is 29.3 Å². The second-order valence-corrected chi connectivity index (χ2v) is 9.61. The van der Waals surface area contributed by atoms with Gasteiger partial charge in [-0.3, -0.25) is 0 Å². The van der Waals surface area contributed by atoms with Gasteiger partial charge in [0.05, 0.1) is 5.56 Å². The number of ether oxygens (including phenoxy) is 1. The van der Waals surface area contributed by atoms with Gasteiger partial charge in [-0.05, 0) is 42.4 Å². The average molecular weight is 523 g/mol. The van der Waals surface area contributed by atoms with E-state index in [1.165, 1.54) is 44.6 Å². The molecule has 1 aliphatic carbocycles. The van der Waals surface area contributed by atoms with Crippen molar-refractivity contribution >= 4 is 0 Å². The van der Waals surface area contributed by atoms with E-state index < -0.39 is 46.6 Å². The van der Waals surface area contributed by atoms with Gasteiger partial charge in [0, 0.05) is 12.1 Å².